The van der Waals surface area contributed by atoms with Gasteiger partial charge in [0.05, 0.1) is 18.6 Å². The van der Waals surface area contributed by atoms with Crippen LogP contribution >= 0.6 is 0 Å². The third-order valence-corrected chi connectivity index (χ3v) is 4.40. The van der Waals surface area contributed by atoms with Crippen molar-refractivity contribution in [1.82, 2.24) is 16.0 Å². The minimum atomic E-state index is -1.74. The maximum atomic E-state index is 12.7. The van der Waals surface area contributed by atoms with E-state index in [9.17, 15) is 38.7 Å². The molecule has 0 aliphatic carbocycles. The molecule has 5 unspecified atom stereocenters. The van der Waals surface area contributed by atoms with E-state index in [2.05, 4.69) is 10.6 Å². The monoisotopic (exact) mass is 490 g/mol. The van der Waals surface area contributed by atoms with E-state index in [0.717, 1.165) is 6.92 Å². The predicted octanol–water partition coefficient (Wildman–Crippen LogP) is -4.76. The van der Waals surface area contributed by atoms with Crippen molar-refractivity contribution in [3.8, 4) is 0 Å². The second-order valence-corrected chi connectivity index (χ2v) is 7.40. The van der Waals surface area contributed by atoms with Gasteiger partial charge in [0.1, 0.15) is 12.1 Å². The highest BCUT2D eigenvalue weighted by molar-refractivity contribution is 5.96. The molecule has 0 rings (SSSR count). The number of amides is 5. The Bertz CT molecular complexity index is 802. The Hall–Kier alpha value is -3.79. The summed E-state index contributed by atoms with van der Waals surface area (Å²) in [5.41, 5.74) is 15.7. The topological polar surface area (TPSA) is 294 Å². The van der Waals surface area contributed by atoms with Crippen LogP contribution in [0.5, 0.6) is 0 Å². The number of nitrogens with one attached hydrogen (secondary N) is 3. The van der Waals surface area contributed by atoms with E-state index in [1.165, 1.54) is 0 Å². The average Bonchev–Trinajstić information content (AvgIpc) is 2.70. The Morgan fingerprint density at radius 3 is 1.74 bits per heavy atom. The first-order valence-corrected chi connectivity index (χ1v) is 10.0. The highest BCUT2D eigenvalue weighted by Crippen LogP contribution is 2.04. The summed E-state index contributed by atoms with van der Waals surface area (Å²) >= 11 is 0. The molecule has 5 atom stereocenters. The Labute approximate surface area is 193 Å². The molecule has 0 bridgehead atoms. The van der Waals surface area contributed by atoms with Gasteiger partial charge in [-0.2, -0.15) is 0 Å². The number of aliphatic hydroxyl groups is 1. The number of aliphatic hydroxyl groups excluding tert-OH is 1. The summed E-state index contributed by atoms with van der Waals surface area (Å²) in [5.74, 6) is -7.81. The van der Waals surface area contributed by atoms with Crippen molar-refractivity contribution in [1.29, 1.82) is 0 Å². The molecule has 0 heterocycles. The molecule has 0 aliphatic rings. The molecule has 12 N–H and O–H groups in total. The lowest BCUT2D eigenvalue weighted by atomic mass is 10.1. The Kier molecular flexibility index (Phi) is 12.8. The van der Waals surface area contributed by atoms with Crippen molar-refractivity contribution in [2.45, 2.75) is 69.3 Å². The summed E-state index contributed by atoms with van der Waals surface area (Å²) in [6.45, 7) is 1.10. The second-order valence-electron chi connectivity index (χ2n) is 7.40. The number of nitrogens with two attached hydrogens (primary N) is 3. The van der Waals surface area contributed by atoms with E-state index in [1.54, 1.807) is 0 Å². The van der Waals surface area contributed by atoms with Gasteiger partial charge in [-0.05, 0) is 19.8 Å². The SMILES string of the molecule is CC(O)C(NC(=O)C(CCC(N)=O)NC(=O)C(CC(N)=O)NC(=O)C(N)CCC(=O)O)C(=O)O. The number of hydrogen-bond donors (Lipinski definition) is 9. The van der Waals surface area contributed by atoms with Crippen LogP contribution in [-0.2, 0) is 33.6 Å². The van der Waals surface area contributed by atoms with Gasteiger partial charge in [0, 0.05) is 12.8 Å². The lowest BCUT2D eigenvalue weighted by Gasteiger charge is -2.25. The Balaban J connectivity index is 5.56. The first kappa shape index (κ1) is 30.2. The van der Waals surface area contributed by atoms with Gasteiger partial charge in [0.2, 0.25) is 29.5 Å². The van der Waals surface area contributed by atoms with Crippen LogP contribution in [0.15, 0.2) is 0 Å². The van der Waals surface area contributed by atoms with E-state index in [0.29, 0.717) is 0 Å². The first-order chi connectivity index (χ1) is 15.6. The lowest BCUT2D eigenvalue weighted by molar-refractivity contribution is -0.145. The minimum absolute atomic E-state index is 0.272. The molecule has 0 aromatic rings. The summed E-state index contributed by atoms with van der Waals surface area (Å²) in [7, 11) is 0. The van der Waals surface area contributed by atoms with Crippen LogP contribution in [-0.4, -0.2) is 87.1 Å². The largest absolute Gasteiger partial charge is 0.481 e. The van der Waals surface area contributed by atoms with Crippen molar-refractivity contribution < 1.29 is 48.9 Å². The molecule has 0 aromatic heterocycles. The van der Waals surface area contributed by atoms with Crippen LogP contribution in [0, 0.1) is 0 Å². The number of aliphatic carboxylic acids is 2. The van der Waals surface area contributed by atoms with E-state index >= 15 is 0 Å². The molecule has 16 nitrogen and oxygen atoms in total. The molecule has 5 amide bonds. The zero-order valence-corrected chi connectivity index (χ0v) is 18.4. The van der Waals surface area contributed by atoms with Gasteiger partial charge >= 0.3 is 11.9 Å². The van der Waals surface area contributed by atoms with Gasteiger partial charge in [0.25, 0.3) is 0 Å². The van der Waals surface area contributed by atoms with E-state index in [4.69, 9.17) is 27.4 Å². The highest BCUT2D eigenvalue weighted by atomic mass is 16.4. The van der Waals surface area contributed by atoms with Gasteiger partial charge in [-0.1, -0.05) is 0 Å². The average molecular weight is 490 g/mol. The number of rotatable bonds is 16. The van der Waals surface area contributed by atoms with Crippen LogP contribution in [0.2, 0.25) is 0 Å². The number of primary amides is 2. The van der Waals surface area contributed by atoms with Crippen LogP contribution < -0.4 is 33.2 Å². The number of carboxylic acids is 2. The second kappa shape index (κ2) is 14.4. The standard InChI is InChI=1S/C18H30N6O10/c1-7(25)14(18(33)34)24-16(31)9(3-4-11(20)26)22-17(32)10(6-12(21)27)23-15(30)8(19)2-5-13(28)29/h7-10,14,25H,2-6,19H2,1H3,(H2,20,26)(H2,21,27)(H,22,32)(H,23,30)(H,24,31)(H,28,29)(H,33,34). The van der Waals surface area contributed by atoms with Gasteiger partial charge < -0.3 is 48.5 Å². The van der Waals surface area contributed by atoms with Crippen LogP contribution in [0.3, 0.4) is 0 Å². The van der Waals surface area contributed by atoms with Crippen molar-refractivity contribution in [2.75, 3.05) is 0 Å². The van der Waals surface area contributed by atoms with Crippen molar-refractivity contribution in [3.05, 3.63) is 0 Å². The summed E-state index contributed by atoms with van der Waals surface area (Å²) < 4.78 is 0. The summed E-state index contributed by atoms with van der Waals surface area (Å²) in [4.78, 5) is 81.7. The first-order valence-electron chi connectivity index (χ1n) is 10.0. The Morgan fingerprint density at radius 2 is 1.29 bits per heavy atom. The number of hydrogen-bond acceptors (Lipinski definition) is 9. The van der Waals surface area contributed by atoms with E-state index in [-0.39, 0.29) is 12.8 Å². The summed E-state index contributed by atoms with van der Waals surface area (Å²) in [5, 5.41) is 33.6. The fraction of sp³-hybridized carbons (Fsp3) is 0.611. The van der Waals surface area contributed by atoms with Crippen molar-refractivity contribution in [3.63, 3.8) is 0 Å². The van der Waals surface area contributed by atoms with E-state index < -0.39 is 91.0 Å². The van der Waals surface area contributed by atoms with Crippen LogP contribution in [0.25, 0.3) is 0 Å². The molecule has 0 aliphatic heterocycles. The molecule has 16 heteroatoms. The van der Waals surface area contributed by atoms with Gasteiger partial charge in [-0.3, -0.25) is 28.8 Å². The van der Waals surface area contributed by atoms with Crippen molar-refractivity contribution >= 4 is 41.5 Å². The summed E-state index contributed by atoms with van der Waals surface area (Å²) in [6, 6.07) is -6.25. The molecule has 0 aromatic carbocycles. The van der Waals surface area contributed by atoms with Crippen LogP contribution in [0.1, 0.15) is 39.0 Å². The van der Waals surface area contributed by atoms with E-state index in [1.807, 2.05) is 5.32 Å². The number of carbonyl (C=O) groups excluding carboxylic acids is 5. The fourth-order valence-electron chi connectivity index (χ4n) is 2.57. The zero-order chi connectivity index (χ0) is 26.6. The third-order valence-electron chi connectivity index (χ3n) is 4.40. The minimum Gasteiger partial charge on any atom is -0.481 e. The number of carboxylic acid groups (broad SMARTS) is 2. The fourth-order valence-corrected chi connectivity index (χ4v) is 2.57. The molecule has 0 fully saturated rings. The quantitative estimate of drug-likeness (QED) is 0.0988. The molecular weight excluding hydrogens is 460 g/mol. The molecule has 192 valence electrons. The van der Waals surface area contributed by atoms with Gasteiger partial charge in [-0.15, -0.1) is 0 Å². The zero-order valence-electron chi connectivity index (χ0n) is 18.4. The van der Waals surface area contributed by atoms with Gasteiger partial charge in [-0.25, -0.2) is 4.79 Å². The van der Waals surface area contributed by atoms with Crippen molar-refractivity contribution in [2.24, 2.45) is 17.2 Å². The normalized spacial score (nSPS) is 15.0. The smallest absolute Gasteiger partial charge is 0.328 e. The van der Waals surface area contributed by atoms with Crippen LogP contribution in [0.4, 0.5) is 0 Å². The summed E-state index contributed by atoms with van der Waals surface area (Å²) in [6.07, 6.45) is -3.73. The molecule has 34 heavy (non-hydrogen) atoms. The predicted molar refractivity (Wildman–Crippen MR) is 112 cm³/mol. The molecular formula is C18H30N6O10. The Morgan fingerprint density at radius 1 is 0.765 bits per heavy atom. The maximum absolute atomic E-state index is 12.7. The van der Waals surface area contributed by atoms with Gasteiger partial charge in [0.15, 0.2) is 6.04 Å². The molecule has 0 saturated carbocycles. The number of carbonyl (C=O) groups is 7. The lowest BCUT2D eigenvalue weighted by Crippen LogP contribution is -2.58. The molecule has 0 saturated heterocycles. The third kappa shape index (κ3) is 11.7. The molecule has 0 radical (unpaired) electrons. The molecule has 0 spiro atoms. The maximum Gasteiger partial charge on any atom is 0.328 e. The highest BCUT2D eigenvalue weighted by Gasteiger charge is 2.32.